The van der Waals surface area contributed by atoms with Crippen molar-refractivity contribution < 1.29 is 0 Å². The molecule has 2 heteroatoms. The number of aromatic nitrogens is 2. The summed E-state index contributed by atoms with van der Waals surface area (Å²) in [5.74, 6) is 0. The molecule has 2 heterocycles. The van der Waals surface area contributed by atoms with E-state index in [1.54, 1.807) is 0 Å². The summed E-state index contributed by atoms with van der Waals surface area (Å²) in [5, 5.41) is 0. The molecule has 0 fully saturated rings. The lowest BCUT2D eigenvalue weighted by Gasteiger charge is -2.13. The Morgan fingerprint density at radius 1 is 0.208 bits per heavy atom. The zero-order chi connectivity index (χ0) is 32.1. The molecule has 0 atom stereocenters. The molecule has 0 aliphatic carbocycles. The summed E-state index contributed by atoms with van der Waals surface area (Å²) < 4.78 is 0. The van der Waals surface area contributed by atoms with Gasteiger partial charge in [-0.2, -0.15) is 0 Å². The van der Waals surface area contributed by atoms with E-state index in [0.29, 0.717) is 0 Å². The van der Waals surface area contributed by atoms with E-state index in [1.807, 2.05) is 36.9 Å². The third kappa shape index (κ3) is 6.20. The molecule has 0 saturated carbocycles. The molecule has 0 amide bonds. The Balaban J connectivity index is 1.14. The van der Waals surface area contributed by atoms with E-state index in [9.17, 15) is 0 Å². The number of pyridine rings is 2. The van der Waals surface area contributed by atoms with Gasteiger partial charge < -0.3 is 0 Å². The van der Waals surface area contributed by atoms with E-state index in [4.69, 9.17) is 0 Å². The Kier molecular flexibility index (Phi) is 7.96. The number of hydrogen-bond donors (Lipinski definition) is 0. The molecule has 6 aromatic carbocycles. The molecule has 0 unspecified atom stereocenters. The molecule has 0 aliphatic heterocycles. The monoisotopic (exact) mass is 612 g/mol. The topological polar surface area (TPSA) is 25.8 Å². The van der Waals surface area contributed by atoms with Crippen molar-refractivity contribution in [2.45, 2.75) is 0 Å². The minimum Gasteiger partial charge on any atom is -0.264 e. The van der Waals surface area contributed by atoms with E-state index in [-0.39, 0.29) is 0 Å². The first-order chi connectivity index (χ1) is 23.8. The maximum Gasteiger partial charge on any atom is 0.0346 e. The van der Waals surface area contributed by atoms with Crippen molar-refractivity contribution in [3.63, 3.8) is 0 Å². The maximum atomic E-state index is 4.38. The van der Waals surface area contributed by atoms with E-state index in [0.717, 1.165) is 33.4 Å². The molecule has 8 rings (SSSR count). The lowest BCUT2D eigenvalue weighted by atomic mass is 9.92. The van der Waals surface area contributed by atoms with Crippen LogP contribution in [0, 0.1) is 0 Å². The fraction of sp³-hybridized carbons (Fsp3) is 0. The first kappa shape index (κ1) is 29.1. The molecular weight excluding hydrogens is 581 g/mol. The number of hydrogen-bond acceptors (Lipinski definition) is 2. The third-order valence-electron chi connectivity index (χ3n) is 8.81. The van der Waals surface area contributed by atoms with Gasteiger partial charge in [-0.05, 0) is 121 Å². The second-order valence-electron chi connectivity index (χ2n) is 12.0. The smallest absolute Gasteiger partial charge is 0.0346 e. The van der Waals surface area contributed by atoms with Gasteiger partial charge in [-0.1, -0.05) is 115 Å². The summed E-state index contributed by atoms with van der Waals surface area (Å²) in [6.45, 7) is 0. The van der Waals surface area contributed by atoms with Gasteiger partial charge in [0.1, 0.15) is 0 Å². The molecule has 8 aromatic rings. The van der Waals surface area contributed by atoms with Gasteiger partial charge in [-0.15, -0.1) is 0 Å². The maximum absolute atomic E-state index is 4.38. The van der Waals surface area contributed by atoms with Crippen molar-refractivity contribution in [1.29, 1.82) is 0 Å². The largest absolute Gasteiger partial charge is 0.264 e. The van der Waals surface area contributed by atoms with Crippen molar-refractivity contribution in [1.82, 2.24) is 9.97 Å². The predicted molar refractivity (Wildman–Crippen MR) is 200 cm³/mol. The van der Waals surface area contributed by atoms with E-state index >= 15 is 0 Å². The van der Waals surface area contributed by atoms with Crippen LogP contribution in [0.3, 0.4) is 0 Å². The fourth-order valence-corrected chi connectivity index (χ4v) is 6.34. The van der Waals surface area contributed by atoms with Crippen molar-refractivity contribution in [2.75, 3.05) is 0 Å². The normalized spacial score (nSPS) is 10.9. The minimum absolute atomic E-state index is 1.09. The van der Waals surface area contributed by atoms with Crippen LogP contribution in [0.1, 0.15) is 0 Å². The van der Waals surface area contributed by atoms with E-state index < -0.39 is 0 Å². The van der Waals surface area contributed by atoms with Crippen LogP contribution in [0.2, 0.25) is 0 Å². The summed E-state index contributed by atoms with van der Waals surface area (Å²) in [7, 11) is 0. The molecule has 0 aliphatic rings. The summed E-state index contributed by atoms with van der Waals surface area (Å²) in [6, 6.07) is 60.8. The lowest BCUT2D eigenvalue weighted by Crippen LogP contribution is -1.88. The Labute approximate surface area is 281 Å². The van der Waals surface area contributed by atoms with Gasteiger partial charge in [0.25, 0.3) is 0 Å². The number of benzene rings is 6. The predicted octanol–water partition coefficient (Wildman–Crippen LogP) is 12.1. The van der Waals surface area contributed by atoms with Crippen LogP contribution in [0.25, 0.3) is 77.9 Å². The molecule has 226 valence electrons. The van der Waals surface area contributed by atoms with Crippen LogP contribution in [0.4, 0.5) is 0 Å². The molecule has 0 radical (unpaired) electrons. The van der Waals surface area contributed by atoms with Crippen LogP contribution in [0.15, 0.2) is 195 Å². The van der Waals surface area contributed by atoms with Gasteiger partial charge in [-0.3, -0.25) is 9.97 Å². The Bertz CT molecular complexity index is 2270. The Morgan fingerprint density at radius 2 is 0.479 bits per heavy atom. The minimum atomic E-state index is 1.09. The highest BCUT2D eigenvalue weighted by Crippen LogP contribution is 2.36. The third-order valence-corrected chi connectivity index (χ3v) is 8.81. The molecule has 0 N–H and O–H groups in total. The van der Waals surface area contributed by atoms with Crippen molar-refractivity contribution >= 4 is 0 Å². The van der Waals surface area contributed by atoms with Gasteiger partial charge in [0.2, 0.25) is 0 Å². The molecule has 2 aromatic heterocycles. The highest BCUT2D eigenvalue weighted by Gasteiger charge is 2.10. The second kappa shape index (κ2) is 13.2. The second-order valence-corrected chi connectivity index (χ2v) is 12.0. The summed E-state index contributed by atoms with van der Waals surface area (Å²) in [4.78, 5) is 8.76. The summed E-state index contributed by atoms with van der Waals surface area (Å²) >= 11 is 0. The van der Waals surface area contributed by atoms with Gasteiger partial charge in [0.15, 0.2) is 0 Å². The van der Waals surface area contributed by atoms with Crippen LogP contribution < -0.4 is 0 Å². The van der Waals surface area contributed by atoms with Crippen LogP contribution in [0.5, 0.6) is 0 Å². The number of nitrogens with zero attached hydrogens (tertiary/aromatic N) is 2. The van der Waals surface area contributed by atoms with E-state index in [2.05, 4.69) is 168 Å². The Hall–Kier alpha value is -6.38. The quantitative estimate of drug-likeness (QED) is 0.179. The van der Waals surface area contributed by atoms with Crippen molar-refractivity contribution in [3.8, 4) is 77.9 Å². The average molecular weight is 613 g/mol. The van der Waals surface area contributed by atoms with Crippen LogP contribution in [-0.4, -0.2) is 9.97 Å². The van der Waals surface area contributed by atoms with Gasteiger partial charge in [0.05, 0.1) is 0 Å². The van der Waals surface area contributed by atoms with Gasteiger partial charge in [-0.25, -0.2) is 0 Å². The number of rotatable bonds is 7. The zero-order valence-corrected chi connectivity index (χ0v) is 26.4. The average Bonchev–Trinajstić information content (AvgIpc) is 3.19. The first-order valence-electron chi connectivity index (χ1n) is 16.2. The van der Waals surface area contributed by atoms with Crippen LogP contribution in [-0.2, 0) is 0 Å². The zero-order valence-electron chi connectivity index (χ0n) is 26.4. The first-order valence-corrected chi connectivity index (χ1v) is 16.2. The summed E-state index contributed by atoms with van der Waals surface area (Å²) in [5.41, 5.74) is 16.3. The highest BCUT2D eigenvalue weighted by atomic mass is 14.6. The molecular formula is C46H32N2. The molecule has 2 nitrogen and oxygen atoms in total. The van der Waals surface area contributed by atoms with Gasteiger partial charge >= 0.3 is 0 Å². The molecule has 48 heavy (non-hydrogen) atoms. The fourth-order valence-electron chi connectivity index (χ4n) is 6.34. The van der Waals surface area contributed by atoms with E-state index in [1.165, 1.54) is 44.5 Å². The van der Waals surface area contributed by atoms with Crippen molar-refractivity contribution in [2.24, 2.45) is 0 Å². The molecule has 0 saturated heterocycles. The Morgan fingerprint density at radius 3 is 0.833 bits per heavy atom. The standard InChI is InChI=1S/C46H32N2/c1-2-10-33(11-3-1)34-12-4-13-35(24-34)36-14-5-15-37(25-36)38-16-6-17-39(26-38)40-18-7-19-41(27-40)44-28-45(42-20-8-22-47-31-42)30-46(29-44)43-21-9-23-48-32-43/h1-32H. The highest BCUT2D eigenvalue weighted by molar-refractivity contribution is 5.84. The van der Waals surface area contributed by atoms with Crippen molar-refractivity contribution in [3.05, 3.63) is 195 Å². The molecule has 0 spiro atoms. The SMILES string of the molecule is c1ccc(-c2cccc(-c3cccc(-c4cccc(-c5cccc(-c6cc(-c7cccnc7)cc(-c7cccnc7)c6)c5)c4)c3)c2)cc1. The van der Waals surface area contributed by atoms with Gasteiger partial charge in [0, 0.05) is 35.9 Å². The molecule has 0 bridgehead atoms. The van der Waals surface area contributed by atoms with Crippen LogP contribution >= 0.6 is 0 Å². The summed E-state index contributed by atoms with van der Waals surface area (Å²) in [6.07, 6.45) is 7.46. The lowest BCUT2D eigenvalue weighted by molar-refractivity contribution is 1.32.